The molecular weight excluding hydrogens is 439 g/mol. The summed E-state index contributed by atoms with van der Waals surface area (Å²) in [5, 5.41) is 10.0. The molecule has 0 saturated carbocycles. The van der Waals surface area contributed by atoms with E-state index in [1.807, 2.05) is 6.92 Å². The molecule has 0 spiro atoms. The Morgan fingerprint density at radius 2 is 1.83 bits per heavy atom. The molecule has 1 amide bonds. The van der Waals surface area contributed by atoms with Gasteiger partial charge in [0.25, 0.3) is 0 Å². The molecule has 0 fully saturated rings. The molecule has 136 valence electrons. The molecule has 0 aliphatic rings. The molecule has 5 nitrogen and oxygen atoms in total. The minimum atomic E-state index is -0.0486. The maximum Gasteiger partial charge on any atom is 0.224 e. The third-order valence-corrected chi connectivity index (χ3v) is 3.05. The van der Waals surface area contributed by atoms with Crippen molar-refractivity contribution in [1.82, 2.24) is 10.6 Å². The van der Waals surface area contributed by atoms with E-state index < -0.39 is 0 Å². The van der Waals surface area contributed by atoms with E-state index in [2.05, 4.69) is 41.7 Å². The van der Waals surface area contributed by atoms with E-state index in [1.165, 1.54) is 0 Å². The first kappa shape index (κ1) is 23.0. The molecule has 0 saturated heterocycles. The minimum absolute atomic E-state index is 0. The van der Waals surface area contributed by atoms with Gasteiger partial charge in [0.05, 0.1) is 0 Å². The van der Waals surface area contributed by atoms with Gasteiger partial charge in [0, 0.05) is 35.8 Å². The highest BCUT2D eigenvalue weighted by atomic mass is 127. The fraction of sp³-hybridized carbons (Fsp3) is 0.529. The Morgan fingerprint density at radius 1 is 1.21 bits per heavy atom. The first-order valence-electron chi connectivity index (χ1n) is 7.92. The fourth-order valence-electron chi connectivity index (χ4n) is 1.85. The van der Waals surface area contributed by atoms with Gasteiger partial charge >= 0.3 is 0 Å². The number of amides is 1. The highest BCUT2D eigenvalue weighted by molar-refractivity contribution is 14.0. The number of hydrogen-bond donors (Lipinski definition) is 3. The number of hydrogen-bond acceptors (Lipinski definition) is 2. The van der Waals surface area contributed by atoms with Crippen molar-refractivity contribution in [3.63, 3.8) is 0 Å². The van der Waals surface area contributed by atoms with Crippen LogP contribution in [-0.4, -0.2) is 30.5 Å². The van der Waals surface area contributed by atoms with Crippen molar-refractivity contribution in [1.29, 1.82) is 0 Å². The van der Waals surface area contributed by atoms with Crippen LogP contribution in [0.15, 0.2) is 29.3 Å². The average Bonchev–Trinajstić information content (AvgIpc) is 2.44. The van der Waals surface area contributed by atoms with Crippen LogP contribution in [0.1, 0.15) is 40.5 Å². The quantitative estimate of drug-likeness (QED) is 0.257. The van der Waals surface area contributed by atoms with Crippen LogP contribution in [0.5, 0.6) is 0 Å². The molecule has 0 atom stereocenters. The second kappa shape index (κ2) is 11.5. The number of nitrogens with zero attached hydrogens (tertiary/aromatic N) is 1. The summed E-state index contributed by atoms with van der Waals surface area (Å²) in [6, 6.07) is 7.08. The predicted molar refractivity (Wildman–Crippen MR) is 114 cm³/mol. The Balaban J connectivity index is 0.00000529. The highest BCUT2D eigenvalue weighted by Crippen LogP contribution is 2.13. The van der Waals surface area contributed by atoms with Gasteiger partial charge in [-0.05, 0) is 58.4 Å². The largest absolute Gasteiger partial charge is 0.357 e. The number of anilines is 1. The van der Waals surface area contributed by atoms with E-state index in [9.17, 15) is 4.79 Å². The van der Waals surface area contributed by atoms with Crippen molar-refractivity contribution in [3.8, 4) is 0 Å². The topological polar surface area (TPSA) is 65.5 Å². The van der Waals surface area contributed by atoms with E-state index in [1.54, 1.807) is 24.3 Å². The van der Waals surface area contributed by atoms with Gasteiger partial charge in [-0.1, -0.05) is 11.6 Å². The number of benzene rings is 1. The molecule has 0 aliphatic carbocycles. The molecule has 1 rings (SSSR count). The van der Waals surface area contributed by atoms with E-state index in [4.69, 9.17) is 11.6 Å². The Labute approximate surface area is 167 Å². The second-order valence-electron chi connectivity index (χ2n) is 6.29. The smallest absolute Gasteiger partial charge is 0.224 e. The van der Waals surface area contributed by atoms with E-state index >= 15 is 0 Å². The lowest BCUT2D eigenvalue weighted by Gasteiger charge is -2.23. The monoisotopic (exact) mass is 466 g/mol. The Morgan fingerprint density at radius 3 is 2.38 bits per heavy atom. The number of rotatable bonds is 6. The van der Waals surface area contributed by atoms with Crippen molar-refractivity contribution in [2.75, 3.05) is 18.4 Å². The molecule has 0 unspecified atom stereocenters. The van der Waals surface area contributed by atoms with Crippen LogP contribution in [0.25, 0.3) is 0 Å². The molecule has 0 bridgehead atoms. The third kappa shape index (κ3) is 10.7. The van der Waals surface area contributed by atoms with Crippen LogP contribution < -0.4 is 16.0 Å². The lowest BCUT2D eigenvalue weighted by molar-refractivity contribution is -0.116. The summed E-state index contributed by atoms with van der Waals surface area (Å²) in [4.78, 5) is 16.4. The standard InChI is InChI=1S/C17H27ClN4O.HI/c1-5-19-16(22-17(2,3)4)20-12-6-7-15(23)21-14-10-8-13(18)9-11-14;/h8-11H,5-7,12H2,1-4H3,(H,21,23)(H2,19,20,22);1H. The van der Waals surface area contributed by atoms with Crippen LogP contribution in [0.2, 0.25) is 5.02 Å². The Kier molecular flexibility index (Phi) is 11.0. The number of carbonyl (C=O) groups excluding carboxylic acids is 1. The molecule has 0 aromatic heterocycles. The fourth-order valence-corrected chi connectivity index (χ4v) is 1.98. The SMILES string of the molecule is CCNC(=NCCCC(=O)Nc1ccc(Cl)cc1)NC(C)(C)C.I. The zero-order valence-electron chi connectivity index (χ0n) is 14.8. The zero-order chi connectivity index (χ0) is 17.3. The van der Waals surface area contributed by atoms with Gasteiger partial charge < -0.3 is 16.0 Å². The molecule has 7 heteroatoms. The summed E-state index contributed by atoms with van der Waals surface area (Å²) in [6.07, 6.45) is 1.13. The molecule has 0 heterocycles. The summed E-state index contributed by atoms with van der Waals surface area (Å²) in [6.45, 7) is 9.68. The maximum atomic E-state index is 11.9. The van der Waals surface area contributed by atoms with Gasteiger partial charge in [0.2, 0.25) is 5.91 Å². The summed E-state index contributed by atoms with van der Waals surface area (Å²) in [7, 11) is 0. The second-order valence-corrected chi connectivity index (χ2v) is 6.73. The van der Waals surface area contributed by atoms with Crippen LogP contribution in [0.3, 0.4) is 0 Å². The zero-order valence-corrected chi connectivity index (χ0v) is 17.9. The van der Waals surface area contributed by atoms with Gasteiger partial charge in [0.15, 0.2) is 5.96 Å². The molecule has 3 N–H and O–H groups in total. The van der Waals surface area contributed by atoms with Gasteiger partial charge in [-0.3, -0.25) is 9.79 Å². The molecule has 0 radical (unpaired) electrons. The summed E-state index contributed by atoms with van der Waals surface area (Å²) in [5.41, 5.74) is 0.707. The van der Waals surface area contributed by atoms with Gasteiger partial charge in [0.1, 0.15) is 0 Å². The summed E-state index contributed by atoms with van der Waals surface area (Å²) < 4.78 is 0. The van der Waals surface area contributed by atoms with Crippen LogP contribution in [0.4, 0.5) is 5.69 Å². The van der Waals surface area contributed by atoms with Gasteiger partial charge in [-0.15, -0.1) is 24.0 Å². The maximum absolute atomic E-state index is 11.9. The normalized spacial score (nSPS) is 11.5. The Bertz CT molecular complexity index is 526. The third-order valence-electron chi connectivity index (χ3n) is 2.80. The lowest BCUT2D eigenvalue weighted by atomic mass is 10.1. The van der Waals surface area contributed by atoms with Crippen molar-refractivity contribution in [2.24, 2.45) is 4.99 Å². The van der Waals surface area contributed by atoms with Crippen LogP contribution >= 0.6 is 35.6 Å². The predicted octanol–water partition coefficient (Wildman–Crippen LogP) is 4.03. The number of carbonyl (C=O) groups is 1. The Hall–Kier alpha value is -1.02. The first-order chi connectivity index (χ1) is 10.8. The van der Waals surface area contributed by atoms with Crippen molar-refractivity contribution in [3.05, 3.63) is 29.3 Å². The summed E-state index contributed by atoms with van der Waals surface area (Å²) in [5.74, 6) is 0.759. The van der Waals surface area contributed by atoms with Crippen molar-refractivity contribution in [2.45, 2.75) is 46.1 Å². The molecular formula is C17H28ClIN4O. The van der Waals surface area contributed by atoms with E-state index in [-0.39, 0.29) is 35.4 Å². The van der Waals surface area contributed by atoms with E-state index in [0.717, 1.165) is 18.2 Å². The number of guanidine groups is 1. The number of halogens is 2. The molecule has 1 aromatic rings. The molecule has 24 heavy (non-hydrogen) atoms. The number of nitrogens with one attached hydrogen (secondary N) is 3. The van der Waals surface area contributed by atoms with Crippen LogP contribution in [0, 0.1) is 0 Å². The van der Waals surface area contributed by atoms with Gasteiger partial charge in [-0.25, -0.2) is 0 Å². The number of aliphatic imine (C=N–C) groups is 1. The van der Waals surface area contributed by atoms with Crippen molar-refractivity contribution >= 4 is 53.1 Å². The van der Waals surface area contributed by atoms with Crippen molar-refractivity contribution < 1.29 is 4.79 Å². The average molecular weight is 467 g/mol. The molecule has 0 aliphatic heterocycles. The highest BCUT2D eigenvalue weighted by Gasteiger charge is 2.11. The van der Waals surface area contributed by atoms with Gasteiger partial charge in [-0.2, -0.15) is 0 Å². The van der Waals surface area contributed by atoms with Crippen LogP contribution in [-0.2, 0) is 4.79 Å². The first-order valence-corrected chi connectivity index (χ1v) is 8.30. The lowest BCUT2D eigenvalue weighted by Crippen LogP contribution is -2.47. The van der Waals surface area contributed by atoms with E-state index in [0.29, 0.717) is 24.4 Å². The molecule has 1 aromatic carbocycles. The summed E-state index contributed by atoms with van der Waals surface area (Å²) >= 11 is 5.81. The minimum Gasteiger partial charge on any atom is -0.357 e.